The zero-order chi connectivity index (χ0) is 44.1. The van der Waals surface area contributed by atoms with Gasteiger partial charge in [-0.25, -0.2) is 34.9 Å². The van der Waals surface area contributed by atoms with Crippen LogP contribution >= 0.6 is 11.6 Å². The highest BCUT2D eigenvalue weighted by Crippen LogP contribution is 2.22. The van der Waals surface area contributed by atoms with Crippen LogP contribution in [0.2, 0.25) is 5.15 Å². The smallest absolute Gasteiger partial charge is 0.177 e. The minimum Gasteiger partial charge on any atom is -0.362 e. The van der Waals surface area contributed by atoms with Crippen molar-refractivity contribution in [3.63, 3.8) is 0 Å². The second kappa shape index (κ2) is 20.6. The summed E-state index contributed by atoms with van der Waals surface area (Å²) in [7, 11) is 0. The van der Waals surface area contributed by atoms with Crippen LogP contribution in [0, 0.1) is 0 Å². The maximum Gasteiger partial charge on any atom is 0.177 e. The molecule has 0 fully saturated rings. The molecule has 3 N–H and O–H groups in total. The van der Waals surface area contributed by atoms with E-state index in [0.29, 0.717) is 34.1 Å². The van der Waals surface area contributed by atoms with Crippen molar-refractivity contribution in [3.05, 3.63) is 199 Å². The van der Waals surface area contributed by atoms with Gasteiger partial charge in [0.15, 0.2) is 22.9 Å². The molecule has 0 saturated carbocycles. The van der Waals surface area contributed by atoms with Gasteiger partial charge in [-0.1, -0.05) is 103 Å². The van der Waals surface area contributed by atoms with E-state index >= 15 is 0 Å². The highest BCUT2D eigenvalue weighted by Gasteiger charge is 2.12. The summed E-state index contributed by atoms with van der Waals surface area (Å²) in [4.78, 5) is 43.2. The minimum atomic E-state index is 0.133. The molecule has 7 heterocycles. The van der Waals surface area contributed by atoms with E-state index in [1.165, 1.54) is 22.9 Å². The lowest BCUT2D eigenvalue weighted by Gasteiger charge is -2.15. The largest absolute Gasteiger partial charge is 0.362 e. The molecule has 64 heavy (non-hydrogen) atoms. The lowest BCUT2D eigenvalue weighted by Crippen LogP contribution is -2.09. The first kappa shape index (κ1) is 42.5. The number of halogens is 1. The van der Waals surface area contributed by atoms with E-state index in [2.05, 4.69) is 123 Å². The van der Waals surface area contributed by atoms with E-state index in [9.17, 15) is 0 Å². The van der Waals surface area contributed by atoms with Gasteiger partial charge in [0.05, 0.1) is 42.7 Å². The summed E-state index contributed by atoms with van der Waals surface area (Å²) in [6.45, 7) is 6.26. The lowest BCUT2D eigenvalue weighted by molar-refractivity contribution is 0.864. The van der Waals surface area contributed by atoms with E-state index in [0.717, 1.165) is 22.5 Å². The van der Waals surface area contributed by atoms with Gasteiger partial charge in [-0.15, -0.1) is 0 Å². The third-order valence-corrected chi connectivity index (χ3v) is 10.1. The molecule has 318 valence electrons. The van der Waals surface area contributed by atoms with Crippen molar-refractivity contribution in [2.75, 3.05) is 16.0 Å². The average Bonchev–Trinajstić information content (AvgIpc) is 3.98. The molecule has 0 aliphatic rings. The Morgan fingerprint density at radius 2 is 0.922 bits per heavy atom. The Kier molecular flexibility index (Phi) is 13.7. The molecule has 0 spiro atoms. The molecule has 0 unspecified atom stereocenters. The van der Waals surface area contributed by atoms with E-state index in [1.54, 1.807) is 56.0 Å². The number of hydrogen-bond acceptors (Lipinski definition) is 13. The maximum absolute atomic E-state index is 5.76. The zero-order valence-corrected chi connectivity index (χ0v) is 36.0. The standard InChI is InChI=1S/2C18H16N6.C12H12ClN3/c1-13(14-6-3-2-4-7-14)22-16-10-19-11-17(23-16)24-12-21-18-15(24)8-5-9-20-18;1-13(14-6-3-2-4-7-14)22-16-10-19-11-17(23-16)24-12-21-15-8-5-9-20-18(15)24;1-9(10-5-3-2-4-6-10)15-12-8-14-7-11(13)16-12/h2*2-13H,1H3,(H,22,23);2-9H,1H3,(H,15,16)/t2*13-;9-/m000/s1. The van der Waals surface area contributed by atoms with Crippen LogP contribution in [0.25, 0.3) is 34.0 Å². The monoisotopic (exact) mass is 865 g/mol. The van der Waals surface area contributed by atoms with E-state index in [4.69, 9.17) is 11.6 Å². The van der Waals surface area contributed by atoms with Crippen LogP contribution < -0.4 is 16.0 Å². The number of anilines is 3. The molecule has 15 nitrogen and oxygen atoms in total. The Morgan fingerprint density at radius 3 is 1.47 bits per heavy atom. The Labute approximate surface area is 374 Å². The second-order valence-electron chi connectivity index (χ2n) is 14.5. The molecule has 0 aliphatic heterocycles. The first-order valence-corrected chi connectivity index (χ1v) is 20.9. The Balaban J connectivity index is 0.000000134. The highest BCUT2D eigenvalue weighted by atomic mass is 35.5. The van der Waals surface area contributed by atoms with Gasteiger partial charge >= 0.3 is 0 Å². The highest BCUT2D eigenvalue weighted by molar-refractivity contribution is 6.29. The summed E-state index contributed by atoms with van der Waals surface area (Å²) in [6, 6.07) is 38.7. The minimum absolute atomic E-state index is 0.133. The summed E-state index contributed by atoms with van der Waals surface area (Å²) in [5.74, 6) is 3.50. The number of rotatable bonds is 11. The molecule has 0 saturated heterocycles. The average molecular weight is 866 g/mol. The number of nitrogens with zero attached hydrogens (tertiary/aromatic N) is 12. The van der Waals surface area contributed by atoms with Crippen molar-refractivity contribution < 1.29 is 0 Å². The van der Waals surface area contributed by atoms with E-state index in [1.807, 2.05) is 88.0 Å². The van der Waals surface area contributed by atoms with E-state index < -0.39 is 0 Å². The van der Waals surface area contributed by atoms with Gasteiger partial charge in [0, 0.05) is 30.5 Å². The fourth-order valence-corrected chi connectivity index (χ4v) is 6.83. The summed E-state index contributed by atoms with van der Waals surface area (Å²) < 4.78 is 3.72. The zero-order valence-electron chi connectivity index (χ0n) is 35.2. The van der Waals surface area contributed by atoms with Crippen LogP contribution in [0.5, 0.6) is 0 Å². The number of pyridine rings is 2. The van der Waals surface area contributed by atoms with Gasteiger partial charge in [-0.3, -0.25) is 24.1 Å². The van der Waals surface area contributed by atoms with Crippen molar-refractivity contribution in [1.29, 1.82) is 0 Å². The van der Waals surface area contributed by atoms with Crippen molar-refractivity contribution >= 4 is 51.4 Å². The quantitative estimate of drug-likeness (QED) is 0.112. The van der Waals surface area contributed by atoms with Gasteiger partial charge in [0.25, 0.3) is 0 Å². The molecule has 7 aromatic heterocycles. The molecule has 16 heteroatoms. The fourth-order valence-electron chi connectivity index (χ4n) is 6.69. The number of imidazole rings is 2. The van der Waals surface area contributed by atoms with Crippen molar-refractivity contribution in [2.45, 2.75) is 38.9 Å². The van der Waals surface area contributed by atoms with Gasteiger partial charge in [-0.05, 0) is 61.7 Å². The third kappa shape index (κ3) is 10.8. The predicted molar refractivity (Wildman–Crippen MR) is 251 cm³/mol. The number of hydrogen-bond donors (Lipinski definition) is 3. The van der Waals surface area contributed by atoms with Crippen LogP contribution in [-0.4, -0.2) is 59.0 Å². The van der Waals surface area contributed by atoms with E-state index in [-0.39, 0.29) is 18.1 Å². The molecule has 0 bridgehead atoms. The number of nitrogens with one attached hydrogen (secondary N) is 3. The SMILES string of the molecule is C[C@H](Nc1cncc(-n2cnc3cccnc32)n1)c1ccccc1.C[C@H](Nc1cncc(-n2cnc3ncccc32)n1)c1ccccc1.C[C@H](Nc1cncc(Cl)n1)c1ccccc1. The molecule has 0 amide bonds. The maximum atomic E-state index is 5.76. The van der Waals surface area contributed by atoms with Crippen LogP contribution in [0.15, 0.2) is 177 Å². The first-order valence-electron chi connectivity index (χ1n) is 20.5. The molecule has 10 aromatic rings. The van der Waals surface area contributed by atoms with Crippen LogP contribution in [0.4, 0.5) is 17.5 Å². The van der Waals surface area contributed by atoms with Crippen LogP contribution in [0.3, 0.4) is 0 Å². The molecule has 10 rings (SSSR count). The topological polar surface area (TPSA) is 175 Å². The summed E-state index contributed by atoms with van der Waals surface area (Å²) >= 11 is 5.76. The van der Waals surface area contributed by atoms with Crippen molar-refractivity contribution in [1.82, 2.24) is 59.0 Å². The Hall–Kier alpha value is -8.17. The molecule has 3 aromatic carbocycles. The molecular formula is C48H44ClN15. The predicted octanol–water partition coefficient (Wildman–Crippen LogP) is 10.1. The summed E-state index contributed by atoms with van der Waals surface area (Å²) in [5, 5.41) is 10.4. The van der Waals surface area contributed by atoms with Crippen LogP contribution in [-0.2, 0) is 0 Å². The molecular weight excluding hydrogens is 822 g/mol. The Morgan fingerprint density at radius 1 is 0.453 bits per heavy atom. The Bertz CT molecular complexity index is 2860. The summed E-state index contributed by atoms with van der Waals surface area (Å²) in [5.41, 5.74) is 6.77. The van der Waals surface area contributed by atoms with Gasteiger partial charge < -0.3 is 16.0 Å². The van der Waals surface area contributed by atoms with Gasteiger partial charge in [0.2, 0.25) is 0 Å². The van der Waals surface area contributed by atoms with Gasteiger partial charge in [0.1, 0.15) is 40.8 Å². The summed E-state index contributed by atoms with van der Waals surface area (Å²) in [6.07, 6.45) is 16.9. The normalized spacial score (nSPS) is 12.2. The number of aromatic nitrogens is 12. The number of fused-ring (bicyclic) bond motifs is 2. The molecule has 0 radical (unpaired) electrons. The first-order chi connectivity index (χ1) is 31.4. The third-order valence-electron chi connectivity index (χ3n) is 9.96. The second-order valence-corrected chi connectivity index (χ2v) is 14.9. The van der Waals surface area contributed by atoms with Gasteiger partial charge in [-0.2, -0.15) is 0 Å². The van der Waals surface area contributed by atoms with Crippen molar-refractivity contribution in [2.24, 2.45) is 0 Å². The lowest BCUT2D eigenvalue weighted by atomic mass is 10.1. The molecule has 0 aliphatic carbocycles. The number of benzene rings is 3. The van der Waals surface area contributed by atoms with Crippen molar-refractivity contribution in [3.8, 4) is 11.6 Å². The fraction of sp³-hybridized carbons (Fsp3) is 0.125. The molecule has 3 atom stereocenters. The van der Waals surface area contributed by atoms with Crippen LogP contribution in [0.1, 0.15) is 55.6 Å².